The number of hydrogen-bond donors (Lipinski definition) is 2. The number of carbonyl (C=O) groups is 1. The summed E-state index contributed by atoms with van der Waals surface area (Å²) in [7, 11) is 0. The molecular weight excluding hydrogens is 202 g/mol. The lowest BCUT2D eigenvalue weighted by Crippen LogP contribution is -2.29. The van der Waals surface area contributed by atoms with E-state index in [1.54, 1.807) is 0 Å². The zero-order chi connectivity index (χ0) is 11.4. The molecule has 3 heteroatoms. The Labute approximate surface area is 95.5 Å². The Kier molecular flexibility index (Phi) is 3.57. The zero-order valence-electron chi connectivity index (χ0n) is 9.28. The van der Waals surface area contributed by atoms with Crippen molar-refractivity contribution in [2.24, 2.45) is 0 Å². The molecule has 1 aliphatic rings. The molecule has 0 amide bonds. The molecule has 3 nitrogen and oxygen atoms in total. The minimum absolute atomic E-state index is 0.258. The van der Waals surface area contributed by atoms with E-state index in [-0.39, 0.29) is 6.42 Å². The van der Waals surface area contributed by atoms with Crippen LogP contribution < -0.4 is 5.32 Å². The molecule has 1 atom stereocenters. The Morgan fingerprint density at radius 1 is 1.44 bits per heavy atom. The van der Waals surface area contributed by atoms with Crippen molar-refractivity contribution in [3.05, 3.63) is 35.4 Å². The minimum Gasteiger partial charge on any atom is -0.481 e. The normalized spacial score (nSPS) is 17.6. The van der Waals surface area contributed by atoms with Crippen LogP contribution in [0.25, 0.3) is 0 Å². The standard InChI is InChI=1S/C13H17NO2/c15-13(16)6-3-7-14-9-11-8-10-4-1-2-5-12(10)11/h1-2,4-5,11,14H,3,6-9H2,(H,15,16). The smallest absolute Gasteiger partial charge is 0.303 e. The SMILES string of the molecule is O=C(O)CCCNCC1Cc2ccccc21. The van der Waals surface area contributed by atoms with Crippen LogP contribution in [0.5, 0.6) is 0 Å². The van der Waals surface area contributed by atoms with E-state index < -0.39 is 5.97 Å². The van der Waals surface area contributed by atoms with Gasteiger partial charge in [0.1, 0.15) is 0 Å². The second-order valence-corrected chi connectivity index (χ2v) is 4.30. The van der Waals surface area contributed by atoms with Crippen LogP contribution in [0, 0.1) is 0 Å². The molecule has 0 fully saturated rings. The number of hydrogen-bond acceptors (Lipinski definition) is 2. The molecule has 16 heavy (non-hydrogen) atoms. The van der Waals surface area contributed by atoms with Crippen LogP contribution in [0.4, 0.5) is 0 Å². The van der Waals surface area contributed by atoms with E-state index in [1.807, 2.05) is 0 Å². The van der Waals surface area contributed by atoms with E-state index in [2.05, 4.69) is 29.6 Å². The Balaban J connectivity index is 1.65. The van der Waals surface area contributed by atoms with Gasteiger partial charge in [0.15, 0.2) is 0 Å². The van der Waals surface area contributed by atoms with Crippen molar-refractivity contribution in [1.29, 1.82) is 0 Å². The highest BCUT2D eigenvalue weighted by Crippen LogP contribution is 2.33. The molecule has 1 aliphatic carbocycles. The van der Waals surface area contributed by atoms with Crippen LogP contribution in [-0.2, 0) is 11.2 Å². The van der Waals surface area contributed by atoms with E-state index in [0.29, 0.717) is 12.3 Å². The van der Waals surface area contributed by atoms with E-state index in [9.17, 15) is 4.79 Å². The molecule has 1 unspecified atom stereocenters. The lowest BCUT2D eigenvalue weighted by Gasteiger charge is -2.30. The maximum Gasteiger partial charge on any atom is 0.303 e. The second-order valence-electron chi connectivity index (χ2n) is 4.30. The highest BCUT2D eigenvalue weighted by molar-refractivity contribution is 5.66. The first-order valence-corrected chi connectivity index (χ1v) is 5.77. The molecule has 0 radical (unpaired) electrons. The molecule has 0 saturated heterocycles. The predicted molar refractivity (Wildman–Crippen MR) is 62.6 cm³/mol. The van der Waals surface area contributed by atoms with Crippen LogP contribution in [0.15, 0.2) is 24.3 Å². The highest BCUT2D eigenvalue weighted by Gasteiger charge is 2.24. The summed E-state index contributed by atoms with van der Waals surface area (Å²) in [4.78, 5) is 10.3. The number of fused-ring (bicyclic) bond motifs is 1. The number of rotatable bonds is 6. The monoisotopic (exact) mass is 219 g/mol. The second kappa shape index (κ2) is 5.12. The van der Waals surface area contributed by atoms with Gasteiger partial charge in [-0.2, -0.15) is 0 Å². The van der Waals surface area contributed by atoms with Gasteiger partial charge >= 0.3 is 5.97 Å². The zero-order valence-corrected chi connectivity index (χ0v) is 9.28. The first-order chi connectivity index (χ1) is 7.77. The molecule has 2 N–H and O–H groups in total. The molecule has 86 valence electrons. The summed E-state index contributed by atoms with van der Waals surface area (Å²) in [6.45, 7) is 1.77. The fraction of sp³-hybridized carbons (Fsp3) is 0.462. The Morgan fingerprint density at radius 3 is 3.00 bits per heavy atom. The summed E-state index contributed by atoms with van der Waals surface area (Å²) in [6.07, 6.45) is 2.13. The van der Waals surface area contributed by atoms with Gasteiger partial charge in [-0.3, -0.25) is 4.79 Å². The average molecular weight is 219 g/mol. The van der Waals surface area contributed by atoms with Gasteiger partial charge in [0.25, 0.3) is 0 Å². The summed E-state index contributed by atoms with van der Waals surface area (Å²) in [5.41, 5.74) is 2.91. The summed E-state index contributed by atoms with van der Waals surface area (Å²) in [6, 6.07) is 8.52. The largest absolute Gasteiger partial charge is 0.481 e. The number of benzene rings is 1. The van der Waals surface area contributed by atoms with Crippen molar-refractivity contribution in [1.82, 2.24) is 5.32 Å². The van der Waals surface area contributed by atoms with E-state index >= 15 is 0 Å². The lowest BCUT2D eigenvalue weighted by molar-refractivity contribution is -0.137. The van der Waals surface area contributed by atoms with Gasteiger partial charge in [-0.05, 0) is 30.5 Å². The fourth-order valence-corrected chi connectivity index (χ4v) is 2.19. The predicted octanol–water partition coefficient (Wildman–Crippen LogP) is 1.78. The summed E-state index contributed by atoms with van der Waals surface area (Å²) in [5, 5.41) is 11.8. The van der Waals surface area contributed by atoms with Crippen LogP contribution in [0.3, 0.4) is 0 Å². The van der Waals surface area contributed by atoms with Gasteiger partial charge in [0.05, 0.1) is 0 Å². The van der Waals surface area contributed by atoms with Crippen LogP contribution >= 0.6 is 0 Å². The first-order valence-electron chi connectivity index (χ1n) is 5.77. The molecule has 0 heterocycles. The lowest BCUT2D eigenvalue weighted by atomic mass is 9.77. The molecule has 1 aromatic carbocycles. The van der Waals surface area contributed by atoms with Crippen molar-refractivity contribution in [3.63, 3.8) is 0 Å². The van der Waals surface area contributed by atoms with Gasteiger partial charge in [0, 0.05) is 18.9 Å². The van der Waals surface area contributed by atoms with Crippen molar-refractivity contribution in [2.45, 2.75) is 25.2 Å². The van der Waals surface area contributed by atoms with Crippen LogP contribution in [0.2, 0.25) is 0 Å². The minimum atomic E-state index is -0.712. The average Bonchev–Trinajstić information content (AvgIpc) is 2.23. The molecule has 2 rings (SSSR count). The summed E-state index contributed by atoms with van der Waals surface area (Å²) >= 11 is 0. The Morgan fingerprint density at radius 2 is 2.25 bits per heavy atom. The van der Waals surface area contributed by atoms with Gasteiger partial charge < -0.3 is 10.4 Å². The quantitative estimate of drug-likeness (QED) is 0.717. The Bertz CT molecular complexity index is 376. The van der Waals surface area contributed by atoms with Crippen molar-refractivity contribution in [3.8, 4) is 0 Å². The molecule has 0 saturated carbocycles. The van der Waals surface area contributed by atoms with E-state index in [0.717, 1.165) is 19.5 Å². The maximum absolute atomic E-state index is 10.3. The molecule has 0 aliphatic heterocycles. The van der Waals surface area contributed by atoms with Crippen LogP contribution in [-0.4, -0.2) is 24.2 Å². The third-order valence-electron chi connectivity index (χ3n) is 3.10. The first kappa shape index (κ1) is 11.1. The Hall–Kier alpha value is -1.35. The fourth-order valence-electron chi connectivity index (χ4n) is 2.19. The molecule has 0 bridgehead atoms. The molecule has 0 spiro atoms. The van der Waals surface area contributed by atoms with Crippen molar-refractivity contribution in [2.75, 3.05) is 13.1 Å². The third kappa shape index (κ3) is 2.61. The van der Waals surface area contributed by atoms with Crippen LogP contribution in [0.1, 0.15) is 29.9 Å². The van der Waals surface area contributed by atoms with Crippen molar-refractivity contribution >= 4 is 5.97 Å². The van der Waals surface area contributed by atoms with Gasteiger partial charge in [-0.15, -0.1) is 0 Å². The number of aliphatic carboxylic acids is 1. The maximum atomic E-state index is 10.3. The van der Waals surface area contributed by atoms with Gasteiger partial charge in [-0.25, -0.2) is 0 Å². The molecular formula is C13H17NO2. The van der Waals surface area contributed by atoms with Crippen molar-refractivity contribution < 1.29 is 9.90 Å². The number of carboxylic acids is 1. The van der Waals surface area contributed by atoms with Gasteiger partial charge in [0.2, 0.25) is 0 Å². The molecule has 1 aromatic rings. The number of nitrogens with one attached hydrogen (secondary N) is 1. The van der Waals surface area contributed by atoms with E-state index in [1.165, 1.54) is 11.1 Å². The van der Waals surface area contributed by atoms with E-state index in [4.69, 9.17) is 5.11 Å². The molecule has 0 aromatic heterocycles. The van der Waals surface area contributed by atoms with Gasteiger partial charge in [-0.1, -0.05) is 24.3 Å². The highest BCUT2D eigenvalue weighted by atomic mass is 16.4. The topological polar surface area (TPSA) is 49.3 Å². The number of carboxylic acid groups (broad SMARTS) is 1. The summed E-state index contributed by atoms with van der Waals surface area (Å²) < 4.78 is 0. The third-order valence-corrected chi connectivity index (χ3v) is 3.10. The summed E-state index contributed by atoms with van der Waals surface area (Å²) in [5.74, 6) is -0.0863.